The van der Waals surface area contributed by atoms with Gasteiger partial charge in [0.1, 0.15) is 11.6 Å². The van der Waals surface area contributed by atoms with E-state index in [1.54, 1.807) is 23.9 Å². The molecule has 108 valence electrons. The Morgan fingerprint density at radius 3 is 2.55 bits per heavy atom. The molecule has 0 radical (unpaired) electrons. The second kappa shape index (κ2) is 5.71. The van der Waals surface area contributed by atoms with E-state index in [-0.39, 0.29) is 18.0 Å². The number of aliphatic hydroxyl groups is 1. The van der Waals surface area contributed by atoms with Gasteiger partial charge in [-0.3, -0.25) is 4.68 Å². The van der Waals surface area contributed by atoms with Crippen molar-refractivity contribution in [1.82, 2.24) is 9.78 Å². The van der Waals surface area contributed by atoms with Crippen LogP contribution in [0.4, 0.5) is 8.78 Å². The number of aromatic nitrogens is 2. The summed E-state index contributed by atoms with van der Waals surface area (Å²) in [5.74, 6) is -1.43. The molecular weight excluding hydrogens is 262 g/mol. The topological polar surface area (TPSA) is 38.0 Å². The summed E-state index contributed by atoms with van der Waals surface area (Å²) in [7, 11) is 0. The molecule has 1 heterocycles. The predicted molar refractivity (Wildman–Crippen MR) is 72.4 cm³/mol. The Bertz CT molecular complexity index is 608. The van der Waals surface area contributed by atoms with Gasteiger partial charge in [-0.1, -0.05) is 6.07 Å². The number of halogens is 2. The van der Waals surface area contributed by atoms with Gasteiger partial charge < -0.3 is 5.11 Å². The summed E-state index contributed by atoms with van der Waals surface area (Å²) in [4.78, 5) is 0. The first-order valence-electron chi connectivity index (χ1n) is 6.56. The number of hydrogen-bond acceptors (Lipinski definition) is 2. The molecule has 1 aromatic heterocycles. The van der Waals surface area contributed by atoms with Crippen molar-refractivity contribution in [2.24, 2.45) is 0 Å². The van der Waals surface area contributed by atoms with Gasteiger partial charge in [-0.05, 0) is 38.5 Å². The Hall–Kier alpha value is -1.75. The largest absolute Gasteiger partial charge is 0.388 e. The van der Waals surface area contributed by atoms with Gasteiger partial charge in [-0.15, -0.1) is 0 Å². The highest BCUT2D eigenvalue weighted by molar-refractivity contribution is 5.29. The number of benzene rings is 1. The van der Waals surface area contributed by atoms with Crippen LogP contribution in [-0.2, 0) is 6.42 Å². The van der Waals surface area contributed by atoms with Crippen molar-refractivity contribution < 1.29 is 13.9 Å². The first kappa shape index (κ1) is 14.7. The van der Waals surface area contributed by atoms with Crippen LogP contribution in [0.2, 0.25) is 0 Å². The number of aliphatic hydroxyl groups excluding tert-OH is 1. The minimum absolute atomic E-state index is 0.0804. The molecule has 0 aliphatic carbocycles. The second-order valence-corrected chi connectivity index (χ2v) is 5.19. The molecule has 2 rings (SSSR count). The van der Waals surface area contributed by atoms with Crippen molar-refractivity contribution in [3.05, 3.63) is 52.9 Å². The van der Waals surface area contributed by atoms with Crippen LogP contribution < -0.4 is 0 Å². The molecule has 1 atom stereocenters. The van der Waals surface area contributed by atoms with Gasteiger partial charge in [0.2, 0.25) is 0 Å². The lowest BCUT2D eigenvalue weighted by atomic mass is 10.0. The van der Waals surface area contributed by atoms with E-state index in [1.165, 1.54) is 12.1 Å². The molecule has 1 aromatic carbocycles. The van der Waals surface area contributed by atoms with Gasteiger partial charge in [0, 0.05) is 18.7 Å². The van der Waals surface area contributed by atoms with E-state index < -0.39 is 17.7 Å². The van der Waals surface area contributed by atoms with E-state index in [0.717, 1.165) is 0 Å². The normalized spacial score (nSPS) is 12.9. The molecule has 0 spiro atoms. The fraction of sp³-hybridized carbons (Fsp3) is 0.400. The van der Waals surface area contributed by atoms with Crippen LogP contribution in [0.5, 0.6) is 0 Å². The molecule has 1 N–H and O–H groups in total. The van der Waals surface area contributed by atoms with E-state index in [0.29, 0.717) is 11.3 Å². The molecule has 2 aromatic rings. The molecule has 1 unspecified atom stereocenters. The van der Waals surface area contributed by atoms with E-state index >= 15 is 0 Å². The van der Waals surface area contributed by atoms with Gasteiger partial charge in [0.25, 0.3) is 0 Å². The molecule has 0 aliphatic rings. The Labute approximate surface area is 116 Å². The maximum absolute atomic E-state index is 13.9. The minimum atomic E-state index is -1.24. The molecule has 0 saturated heterocycles. The zero-order chi connectivity index (χ0) is 14.9. The van der Waals surface area contributed by atoms with Crippen molar-refractivity contribution in [1.29, 1.82) is 0 Å². The Kier molecular flexibility index (Phi) is 4.18. The van der Waals surface area contributed by atoms with Crippen molar-refractivity contribution in [3.8, 4) is 0 Å². The Balaban J connectivity index is 2.23. The summed E-state index contributed by atoms with van der Waals surface area (Å²) in [6.07, 6.45) is 0.623. The number of hydrogen-bond donors (Lipinski definition) is 1. The van der Waals surface area contributed by atoms with Crippen LogP contribution >= 0.6 is 0 Å². The first-order chi connectivity index (χ1) is 9.40. The lowest BCUT2D eigenvalue weighted by molar-refractivity contribution is 0.166. The number of aryl methyl sites for hydroxylation is 1. The van der Waals surface area contributed by atoms with Crippen molar-refractivity contribution in [3.63, 3.8) is 0 Å². The Morgan fingerprint density at radius 1 is 1.25 bits per heavy atom. The van der Waals surface area contributed by atoms with Crippen LogP contribution in [0.1, 0.15) is 42.8 Å². The molecule has 0 saturated carbocycles. The molecule has 0 fully saturated rings. The van der Waals surface area contributed by atoms with Crippen molar-refractivity contribution >= 4 is 0 Å². The number of rotatable bonds is 4. The van der Waals surface area contributed by atoms with E-state index in [4.69, 9.17) is 0 Å². The molecular formula is C15H18F2N2O. The standard InChI is InChI=1S/C15H18F2N2O/c1-9(2)19-7-6-11(18-19)8-13(20)14-12(16)5-4-10(3)15(14)17/h4-7,9,13,20H,8H2,1-3H3. The summed E-state index contributed by atoms with van der Waals surface area (Å²) in [6, 6.07) is 4.47. The van der Waals surface area contributed by atoms with Crippen LogP contribution in [0.15, 0.2) is 24.4 Å². The average molecular weight is 280 g/mol. The van der Waals surface area contributed by atoms with Crippen LogP contribution in [0.3, 0.4) is 0 Å². The predicted octanol–water partition coefficient (Wildman–Crippen LogP) is 3.33. The summed E-state index contributed by atoms with van der Waals surface area (Å²) in [6.45, 7) is 5.50. The molecule has 0 aliphatic heterocycles. The lowest BCUT2D eigenvalue weighted by Gasteiger charge is -2.13. The lowest BCUT2D eigenvalue weighted by Crippen LogP contribution is -2.09. The number of nitrogens with zero attached hydrogens (tertiary/aromatic N) is 2. The van der Waals surface area contributed by atoms with Crippen LogP contribution in [0.25, 0.3) is 0 Å². The minimum Gasteiger partial charge on any atom is -0.388 e. The maximum atomic E-state index is 13.9. The maximum Gasteiger partial charge on any atom is 0.134 e. The highest BCUT2D eigenvalue weighted by Crippen LogP contribution is 2.25. The molecule has 3 nitrogen and oxygen atoms in total. The van der Waals surface area contributed by atoms with E-state index in [2.05, 4.69) is 5.10 Å². The first-order valence-corrected chi connectivity index (χ1v) is 6.56. The van der Waals surface area contributed by atoms with Gasteiger partial charge in [-0.25, -0.2) is 8.78 Å². The quantitative estimate of drug-likeness (QED) is 0.933. The zero-order valence-corrected chi connectivity index (χ0v) is 11.8. The fourth-order valence-corrected chi connectivity index (χ4v) is 2.06. The van der Waals surface area contributed by atoms with E-state index in [1.807, 2.05) is 13.8 Å². The van der Waals surface area contributed by atoms with Gasteiger partial charge in [0.15, 0.2) is 0 Å². The van der Waals surface area contributed by atoms with Gasteiger partial charge >= 0.3 is 0 Å². The third-order valence-electron chi connectivity index (χ3n) is 3.25. The van der Waals surface area contributed by atoms with Gasteiger partial charge in [0.05, 0.1) is 17.4 Å². The van der Waals surface area contributed by atoms with Crippen molar-refractivity contribution in [2.45, 2.75) is 39.3 Å². The summed E-state index contributed by atoms with van der Waals surface area (Å²) < 4.78 is 29.4. The molecule has 20 heavy (non-hydrogen) atoms. The third-order valence-corrected chi connectivity index (χ3v) is 3.25. The van der Waals surface area contributed by atoms with Crippen molar-refractivity contribution in [2.75, 3.05) is 0 Å². The highest BCUT2D eigenvalue weighted by atomic mass is 19.1. The summed E-state index contributed by atoms with van der Waals surface area (Å²) in [5, 5.41) is 14.3. The summed E-state index contributed by atoms with van der Waals surface area (Å²) >= 11 is 0. The SMILES string of the molecule is Cc1ccc(F)c(C(O)Cc2ccn(C(C)C)n2)c1F. The monoisotopic (exact) mass is 280 g/mol. The smallest absolute Gasteiger partial charge is 0.134 e. The third kappa shape index (κ3) is 2.88. The molecule has 0 bridgehead atoms. The second-order valence-electron chi connectivity index (χ2n) is 5.19. The molecule has 0 amide bonds. The van der Waals surface area contributed by atoms with Crippen LogP contribution in [-0.4, -0.2) is 14.9 Å². The fourth-order valence-electron chi connectivity index (χ4n) is 2.06. The zero-order valence-electron chi connectivity index (χ0n) is 11.8. The van der Waals surface area contributed by atoms with E-state index in [9.17, 15) is 13.9 Å². The summed E-state index contributed by atoms with van der Waals surface area (Å²) in [5.41, 5.74) is 0.628. The molecule has 5 heteroatoms. The van der Waals surface area contributed by atoms with Gasteiger partial charge in [-0.2, -0.15) is 5.10 Å². The average Bonchev–Trinajstić information content (AvgIpc) is 2.83. The van der Waals surface area contributed by atoms with Crippen LogP contribution in [0, 0.1) is 18.6 Å². The highest BCUT2D eigenvalue weighted by Gasteiger charge is 2.20. The Morgan fingerprint density at radius 2 is 1.95 bits per heavy atom.